The highest BCUT2D eigenvalue weighted by Gasteiger charge is 2.59. The number of nitrogens with two attached hydrogens (primary N) is 1. The van der Waals surface area contributed by atoms with E-state index in [1.165, 1.54) is 23.5 Å². The molecule has 200 valence electrons. The Morgan fingerprint density at radius 3 is 2.49 bits per heavy atom. The van der Waals surface area contributed by atoms with Crippen molar-refractivity contribution in [3.05, 3.63) is 88.1 Å². The molecule has 2 N–H and O–H groups in total. The number of nitrogens with zero attached hydrogens (tertiary/aromatic N) is 5. The number of hydrogen-bond acceptors (Lipinski definition) is 8. The van der Waals surface area contributed by atoms with Crippen molar-refractivity contribution in [2.24, 2.45) is 17.6 Å². The molecule has 8 nitrogen and oxygen atoms in total. The number of rotatable bonds is 7. The average Bonchev–Trinajstić information content (AvgIpc) is 3.22. The molecule has 1 saturated heterocycles. The van der Waals surface area contributed by atoms with Gasteiger partial charge in [-0.3, -0.25) is 4.79 Å². The first-order valence-corrected chi connectivity index (χ1v) is 13.7. The van der Waals surface area contributed by atoms with Crippen LogP contribution < -0.4 is 10.5 Å². The molecule has 0 bridgehead atoms. The normalized spacial score (nSPS) is 20.1. The van der Waals surface area contributed by atoms with Crippen molar-refractivity contribution in [2.45, 2.75) is 38.8 Å². The van der Waals surface area contributed by atoms with Crippen molar-refractivity contribution in [2.75, 3.05) is 13.1 Å². The molecule has 4 aromatic rings. The summed E-state index contributed by atoms with van der Waals surface area (Å²) in [6.07, 6.45) is 3.89. The second-order valence-electron chi connectivity index (χ2n) is 10.8. The Hall–Kier alpha value is -3.76. The van der Waals surface area contributed by atoms with Crippen LogP contribution in [0, 0.1) is 24.6 Å². The number of aromatic nitrogens is 4. The third-order valence-electron chi connectivity index (χ3n) is 7.30. The maximum Gasteiger partial charge on any atom is 0.265 e. The summed E-state index contributed by atoms with van der Waals surface area (Å²) in [6, 6.07) is 12.1. The number of benzene rings is 1. The smallest absolute Gasteiger partial charge is 0.265 e. The fourth-order valence-electron chi connectivity index (χ4n) is 5.09. The molecule has 1 amide bonds. The molecule has 1 aliphatic heterocycles. The molecular weight excluding hydrogens is 515 g/mol. The van der Waals surface area contributed by atoms with Crippen molar-refractivity contribution in [3.8, 4) is 16.7 Å². The molecule has 3 aromatic heterocycles. The summed E-state index contributed by atoms with van der Waals surface area (Å²) in [5.74, 6) is 1.30. The Kier molecular flexibility index (Phi) is 6.39. The highest BCUT2D eigenvalue weighted by Crippen LogP contribution is 2.48. The standard InChI is InChI=1S/C29H29FN6O2S/c1-16-25(39-27(34-16)26-32-9-4-10-33-26)28(37)36-14-21-22(15-36)24(21)38-23-13-18(29(2,3)31)12-20(35-23)11-17-5-7-19(30)8-6-17/h4-10,12-13,21-22,24H,11,14-15,31H2,1-3H3. The van der Waals surface area contributed by atoms with Gasteiger partial charge in [0.05, 0.1) is 5.69 Å². The van der Waals surface area contributed by atoms with E-state index in [1.54, 1.807) is 30.6 Å². The van der Waals surface area contributed by atoms with Crippen molar-refractivity contribution < 1.29 is 13.9 Å². The summed E-state index contributed by atoms with van der Waals surface area (Å²) in [5.41, 5.74) is 9.23. The molecule has 0 radical (unpaired) electrons. The molecule has 2 aliphatic rings. The minimum atomic E-state index is -0.572. The van der Waals surface area contributed by atoms with Gasteiger partial charge < -0.3 is 15.4 Å². The van der Waals surface area contributed by atoms with Crippen molar-refractivity contribution in [1.29, 1.82) is 0 Å². The lowest BCUT2D eigenvalue weighted by Crippen LogP contribution is -2.33. The fourth-order valence-corrected chi connectivity index (χ4v) is 6.07. The number of pyridine rings is 1. The van der Waals surface area contributed by atoms with E-state index in [4.69, 9.17) is 15.5 Å². The third kappa shape index (κ3) is 5.26. The number of amides is 1. The van der Waals surface area contributed by atoms with Crippen LogP contribution in [0.2, 0.25) is 0 Å². The Morgan fingerprint density at radius 2 is 1.82 bits per heavy atom. The van der Waals surface area contributed by atoms with Gasteiger partial charge in [-0.1, -0.05) is 12.1 Å². The highest BCUT2D eigenvalue weighted by atomic mass is 32.1. The van der Waals surface area contributed by atoms with Gasteiger partial charge in [0.15, 0.2) is 10.8 Å². The van der Waals surface area contributed by atoms with Gasteiger partial charge >= 0.3 is 0 Å². The van der Waals surface area contributed by atoms with Crippen LogP contribution in [0.1, 0.15) is 46.0 Å². The molecule has 1 aliphatic carbocycles. The Balaban J connectivity index is 1.13. The zero-order valence-electron chi connectivity index (χ0n) is 22.0. The Labute approximate surface area is 230 Å². The fraction of sp³-hybridized carbons (Fsp3) is 0.345. The summed E-state index contributed by atoms with van der Waals surface area (Å²) in [5, 5.41) is 0.646. The SMILES string of the molecule is Cc1nc(-c2ncccn2)sc1C(=O)N1CC2C(C1)C2Oc1cc(C(C)(C)N)cc(Cc2ccc(F)cc2)n1. The molecule has 39 heavy (non-hydrogen) atoms. The predicted molar refractivity (Wildman–Crippen MR) is 146 cm³/mol. The van der Waals surface area contributed by atoms with Crippen molar-refractivity contribution >= 4 is 17.2 Å². The second kappa shape index (κ2) is 9.77. The molecule has 1 saturated carbocycles. The van der Waals surface area contributed by atoms with Crippen molar-refractivity contribution in [3.63, 3.8) is 0 Å². The molecule has 6 rings (SSSR count). The first kappa shape index (κ1) is 25.5. The van der Waals surface area contributed by atoms with E-state index >= 15 is 0 Å². The number of piperidine rings is 1. The second-order valence-corrected chi connectivity index (χ2v) is 11.8. The van der Waals surface area contributed by atoms with Crippen LogP contribution in [0.15, 0.2) is 54.9 Å². The van der Waals surface area contributed by atoms with Crippen LogP contribution in [0.3, 0.4) is 0 Å². The Bertz CT molecular complexity index is 1510. The first-order valence-electron chi connectivity index (χ1n) is 12.9. The molecule has 0 spiro atoms. The lowest BCUT2D eigenvalue weighted by atomic mass is 9.95. The van der Waals surface area contributed by atoms with Crippen LogP contribution in [-0.2, 0) is 12.0 Å². The van der Waals surface area contributed by atoms with Crippen LogP contribution in [0.25, 0.3) is 10.8 Å². The molecule has 4 heterocycles. The number of aryl methyl sites for hydroxylation is 1. The molecule has 2 atom stereocenters. The van der Waals surface area contributed by atoms with Gasteiger partial charge in [-0.05, 0) is 56.2 Å². The van der Waals surface area contributed by atoms with E-state index in [0.29, 0.717) is 46.8 Å². The molecule has 1 aromatic carbocycles. The van der Waals surface area contributed by atoms with Gasteiger partial charge in [0.25, 0.3) is 5.91 Å². The van der Waals surface area contributed by atoms with E-state index in [-0.39, 0.29) is 29.7 Å². The zero-order valence-corrected chi connectivity index (χ0v) is 22.8. The van der Waals surface area contributed by atoms with Crippen LogP contribution in [0.5, 0.6) is 5.88 Å². The summed E-state index contributed by atoms with van der Waals surface area (Å²) >= 11 is 1.33. The van der Waals surface area contributed by atoms with Crippen molar-refractivity contribution in [1.82, 2.24) is 24.8 Å². The Morgan fingerprint density at radius 1 is 1.13 bits per heavy atom. The van der Waals surface area contributed by atoms with Gasteiger partial charge in [-0.25, -0.2) is 24.3 Å². The highest BCUT2D eigenvalue weighted by molar-refractivity contribution is 7.17. The minimum Gasteiger partial charge on any atom is -0.474 e. The quantitative estimate of drug-likeness (QED) is 0.368. The topological polar surface area (TPSA) is 107 Å². The largest absolute Gasteiger partial charge is 0.474 e. The third-order valence-corrected chi connectivity index (χ3v) is 8.45. The van der Waals surface area contributed by atoms with Gasteiger partial charge in [-0.15, -0.1) is 11.3 Å². The number of carbonyl (C=O) groups is 1. The summed E-state index contributed by atoms with van der Waals surface area (Å²) in [6.45, 7) is 7.00. The number of hydrogen-bond donors (Lipinski definition) is 1. The number of halogens is 1. The number of likely N-dealkylation sites (tertiary alicyclic amines) is 1. The molecule has 2 unspecified atom stereocenters. The van der Waals surface area contributed by atoms with Gasteiger partial charge in [0.1, 0.15) is 16.8 Å². The van der Waals surface area contributed by atoms with E-state index in [2.05, 4.69) is 15.0 Å². The summed E-state index contributed by atoms with van der Waals surface area (Å²) < 4.78 is 19.7. The maximum absolute atomic E-state index is 13.4. The van der Waals surface area contributed by atoms with E-state index in [1.807, 2.05) is 37.8 Å². The van der Waals surface area contributed by atoms with E-state index in [9.17, 15) is 9.18 Å². The first-order chi connectivity index (χ1) is 18.7. The maximum atomic E-state index is 13.4. The molecular formula is C29H29FN6O2S. The molecule has 2 fully saturated rings. The van der Waals surface area contributed by atoms with Gasteiger partial charge in [-0.2, -0.15) is 0 Å². The number of fused-ring (bicyclic) bond motifs is 1. The number of carbonyl (C=O) groups excluding carboxylic acids is 1. The van der Waals surface area contributed by atoms with E-state index in [0.717, 1.165) is 16.8 Å². The van der Waals surface area contributed by atoms with Gasteiger partial charge in [0, 0.05) is 61.0 Å². The van der Waals surface area contributed by atoms with Crippen LogP contribution >= 0.6 is 11.3 Å². The molecule has 10 heteroatoms. The van der Waals surface area contributed by atoms with Crippen LogP contribution in [-0.4, -0.2) is 49.9 Å². The lowest BCUT2D eigenvalue weighted by Gasteiger charge is -2.22. The zero-order chi connectivity index (χ0) is 27.3. The predicted octanol–water partition coefficient (Wildman–Crippen LogP) is 4.38. The van der Waals surface area contributed by atoms with E-state index < -0.39 is 5.54 Å². The number of thiazole rings is 1. The monoisotopic (exact) mass is 544 g/mol. The lowest BCUT2D eigenvalue weighted by molar-refractivity contribution is 0.0755. The summed E-state index contributed by atoms with van der Waals surface area (Å²) in [7, 11) is 0. The average molecular weight is 545 g/mol. The van der Waals surface area contributed by atoms with Gasteiger partial charge in [0.2, 0.25) is 5.88 Å². The van der Waals surface area contributed by atoms with Crippen LogP contribution in [0.4, 0.5) is 4.39 Å². The summed E-state index contributed by atoms with van der Waals surface area (Å²) in [4.78, 5) is 33.6. The minimum absolute atomic E-state index is 0.00666. The number of ether oxygens (including phenoxy) is 1.